The minimum atomic E-state index is 0.598. The number of nitrogens with zero attached hydrogens (tertiary/aromatic N) is 3. The molecule has 0 bridgehead atoms. The molecule has 0 spiro atoms. The summed E-state index contributed by atoms with van der Waals surface area (Å²) in [6.07, 6.45) is 5.98. The van der Waals surface area contributed by atoms with Gasteiger partial charge in [-0.3, -0.25) is 0 Å². The van der Waals surface area contributed by atoms with Crippen LogP contribution in [0.2, 0.25) is 0 Å². The van der Waals surface area contributed by atoms with Crippen molar-refractivity contribution in [3.8, 4) is 17.0 Å². The molecular formula is C26H33N3O2S. The van der Waals surface area contributed by atoms with Crippen LogP contribution in [-0.2, 0) is 4.74 Å². The maximum Gasteiger partial charge on any atom is 0.142 e. The number of hydrogen-bond acceptors (Lipinski definition) is 5. The van der Waals surface area contributed by atoms with Crippen LogP contribution in [-0.4, -0.2) is 49.3 Å². The summed E-state index contributed by atoms with van der Waals surface area (Å²) in [4.78, 5) is 2.61. The Morgan fingerprint density at radius 2 is 1.97 bits per heavy atom. The van der Waals surface area contributed by atoms with E-state index in [0.29, 0.717) is 5.92 Å². The van der Waals surface area contributed by atoms with E-state index >= 15 is 0 Å². The number of aryl methyl sites for hydroxylation is 2. The first-order valence-corrected chi connectivity index (χ1v) is 12.9. The van der Waals surface area contributed by atoms with Crippen molar-refractivity contribution in [2.45, 2.75) is 38.1 Å². The zero-order valence-electron chi connectivity index (χ0n) is 19.6. The molecule has 1 aromatic carbocycles. The summed E-state index contributed by atoms with van der Waals surface area (Å²) >= 11 is 1.74. The number of rotatable bonds is 8. The van der Waals surface area contributed by atoms with Crippen LogP contribution < -0.4 is 9.64 Å². The van der Waals surface area contributed by atoms with Gasteiger partial charge in [0, 0.05) is 31.2 Å². The minimum absolute atomic E-state index is 0.598. The number of anilines is 1. The van der Waals surface area contributed by atoms with Crippen molar-refractivity contribution < 1.29 is 9.47 Å². The van der Waals surface area contributed by atoms with Crippen molar-refractivity contribution in [3.63, 3.8) is 0 Å². The Kier molecular flexibility index (Phi) is 6.08. The first-order valence-electron chi connectivity index (χ1n) is 11.6. The van der Waals surface area contributed by atoms with Gasteiger partial charge in [-0.25, -0.2) is 4.52 Å². The highest BCUT2D eigenvalue weighted by Gasteiger charge is 2.30. The molecule has 1 saturated carbocycles. The van der Waals surface area contributed by atoms with Gasteiger partial charge in [0.1, 0.15) is 10.8 Å². The molecule has 2 fully saturated rings. The molecule has 170 valence electrons. The molecule has 1 saturated heterocycles. The second-order valence-corrected chi connectivity index (χ2v) is 10.1. The molecule has 1 atom stereocenters. The highest BCUT2D eigenvalue weighted by molar-refractivity contribution is 7.98. The van der Waals surface area contributed by atoms with E-state index in [1.54, 1.807) is 18.9 Å². The molecule has 3 heterocycles. The van der Waals surface area contributed by atoms with Gasteiger partial charge >= 0.3 is 0 Å². The molecule has 5 rings (SSSR count). The van der Waals surface area contributed by atoms with Crippen LogP contribution in [0.25, 0.3) is 16.8 Å². The van der Waals surface area contributed by atoms with Gasteiger partial charge in [-0.1, -0.05) is 12.1 Å². The highest BCUT2D eigenvalue weighted by atomic mass is 32.2. The molecule has 1 unspecified atom stereocenters. The lowest BCUT2D eigenvalue weighted by Crippen LogP contribution is -2.32. The maximum absolute atomic E-state index is 5.80. The SMILES string of the molecule is COc1cc(C)cc(C)c1-c1cccc2c(N(CC3CC3)CC3CCOC3)c(SC)nn12. The van der Waals surface area contributed by atoms with Crippen LogP contribution >= 0.6 is 11.8 Å². The Balaban J connectivity index is 1.65. The van der Waals surface area contributed by atoms with Crippen molar-refractivity contribution >= 4 is 23.0 Å². The van der Waals surface area contributed by atoms with E-state index < -0.39 is 0 Å². The van der Waals surface area contributed by atoms with Crippen molar-refractivity contribution in [3.05, 3.63) is 41.5 Å². The Labute approximate surface area is 195 Å². The van der Waals surface area contributed by atoms with Gasteiger partial charge in [0.05, 0.1) is 30.6 Å². The van der Waals surface area contributed by atoms with Crippen molar-refractivity contribution in [2.75, 3.05) is 44.6 Å². The Bertz CT molecular complexity index is 1120. The monoisotopic (exact) mass is 451 g/mol. The molecule has 6 heteroatoms. The molecule has 2 aromatic heterocycles. The predicted molar refractivity (Wildman–Crippen MR) is 132 cm³/mol. The Hall–Kier alpha value is -2.18. The summed E-state index contributed by atoms with van der Waals surface area (Å²) in [6.45, 7) is 8.19. The van der Waals surface area contributed by atoms with E-state index in [0.717, 1.165) is 60.7 Å². The first kappa shape index (κ1) is 21.7. The second-order valence-electron chi connectivity index (χ2n) is 9.30. The number of pyridine rings is 1. The zero-order valence-corrected chi connectivity index (χ0v) is 20.4. The number of fused-ring (bicyclic) bond motifs is 1. The van der Waals surface area contributed by atoms with Crippen LogP contribution in [0.3, 0.4) is 0 Å². The van der Waals surface area contributed by atoms with Crippen LogP contribution in [0, 0.1) is 25.7 Å². The van der Waals surface area contributed by atoms with E-state index in [1.807, 2.05) is 0 Å². The normalized spacial score (nSPS) is 18.4. The van der Waals surface area contributed by atoms with Gasteiger partial charge in [0.25, 0.3) is 0 Å². The Morgan fingerprint density at radius 1 is 1.16 bits per heavy atom. The van der Waals surface area contributed by atoms with E-state index in [9.17, 15) is 0 Å². The fraction of sp³-hybridized carbons (Fsp3) is 0.500. The van der Waals surface area contributed by atoms with Crippen LogP contribution in [0.15, 0.2) is 35.4 Å². The average Bonchev–Trinajstić information content (AvgIpc) is 3.29. The standard InChI is InChI=1S/C26H33N3O2S/c1-17-12-18(2)24(23(13-17)30-3)21-6-5-7-22-25(26(32-4)27-29(21)22)28(14-19-8-9-19)15-20-10-11-31-16-20/h5-7,12-13,19-20H,8-11,14-16H2,1-4H3. The van der Waals surface area contributed by atoms with Gasteiger partial charge in [-0.15, -0.1) is 11.8 Å². The second kappa shape index (κ2) is 8.99. The van der Waals surface area contributed by atoms with Crippen molar-refractivity contribution in [1.82, 2.24) is 9.61 Å². The summed E-state index contributed by atoms with van der Waals surface area (Å²) in [5.74, 6) is 2.31. The van der Waals surface area contributed by atoms with E-state index in [1.165, 1.54) is 35.2 Å². The topological polar surface area (TPSA) is 39.0 Å². The Morgan fingerprint density at radius 3 is 2.66 bits per heavy atom. The molecule has 0 N–H and O–H groups in total. The number of thioether (sulfide) groups is 1. The third-order valence-corrected chi connectivity index (χ3v) is 7.37. The van der Waals surface area contributed by atoms with Gasteiger partial charge in [0.2, 0.25) is 0 Å². The minimum Gasteiger partial charge on any atom is -0.496 e. The zero-order chi connectivity index (χ0) is 22.2. The third kappa shape index (κ3) is 4.11. The van der Waals surface area contributed by atoms with Gasteiger partial charge in [-0.05, 0) is 74.6 Å². The fourth-order valence-corrected chi connectivity index (χ4v) is 5.58. The molecule has 3 aromatic rings. The summed E-state index contributed by atoms with van der Waals surface area (Å²) < 4.78 is 13.6. The molecule has 32 heavy (non-hydrogen) atoms. The highest BCUT2D eigenvalue weighted by Crippen LogP contribution is 2.41. The lowest BCUT2D eigenvalue weighted by Gasteiger charge is -2.27. The van der Waals surface area contributed by atoms with Crippen molar-refractivity contribution in [2.24, 2.45) is 11.8 Å². The summed E-state index contributed by atoms with van der Waals surface area (Å²) in [7, 11) is 1.75. The van der Waals surface area contributed by atoms with Crippen LogP contribution in [0.1, 0.15) is 30.4 Å². The fourth-order valence-electron chi connectivity index (χ4n) is 4.99. The maximum atomic E-state index is 5.80. The van der Waals surface area contributed by atoms with E-state index in [-0.39, 0.29) is 0 Å². The largest absolute Gasteiger partial charge is 0.496 e. The third-order valence-electron chi connectivity index (χ3n) is 6.71. The van der Waals surface area contributed by atoms with Crippen LogP contribution in [0.5, 0.6) is 5.75 Å². The molecule has 0 amide bonds. The number of hydrogen-bond donors (Lipinski definition) is 0. The van der Waals surface area contributed by atoms with Gasteiger partial charge in [0.15, 0.2) is 0 Å². The van der Waals surface area contributed by atoms with Crippen molar-refractivity contribution in [1.29, 1.82) is 0 Å². The number of benzene rings is 1. The predicted octanol–water partition coefficient (Wildman–Crippen LogP) is 5.60. The quantitative estimate of drug-likeness (QED) is 0.417. The molecule has 1 aliphatic carbocycles. The summed E-state index contributed by atoms with van der Waals surface area (Å²) in [6, 6.07) is 10.9. The molecule has 1 aliphatic heterocycles. The number of ether oxygens (including phenoxy) is 2. The number of aromatic nitrogens is 2. The lowest BCUT2D eigenvalue weighted by atomic mass is 10.0. The van der Waals surface area contributed by atoms with Crippen LogP contribution in [0.4, 0.5) is 5.69 Å². The van der Waals surface area contributed by atoms with E-state index in [4.69, 9.17) is 14.6 Å². The van der Waals surface area contributed by atoms with Gasteiger partial charge < -0.3 is 14.4 Å². The molecular weight excluding hydrogens is 418 g/mol. The first-order chi connectivity index (χ1) is 15.6. The van der Waals surface area contributed by atoms with Gasteiger partial charge in [-0.2, -0.15) is 5.10 Å². The average molecular weight is 452 g/mol. The molecule has 5 nitrogen and oxygen atoms in total. The van der Waals surface area contributed by atoms with E-state index in [2.05, 4.69) is 59.9 Å². The summed E-state index contributed by atoms with van der Waals surface area (Å²) in [5.41, 5.74) is 7.05. The lowest BCUT2D eigenvalue weighted by molar-refractivity contribution is 0.186. The number of methoxy groups -OCH3 is 1. The molecule has 0 radical (unpaired) electrons. The summed E-state index contributed by atoms with van der Waals surface area (Å²) in [5, 5.41) is 6.22. The molecule has 2 aliphatic rings. The smallest absolute Gasteiger partial charge is 0.142 e.